The van der Waals surface area contributed by atoms with Gasteiger partial charge in [0.1, 0.15) is 5.82 Å². The Labute approximate surface area is 169 Å². The lowest BCUT2D eigenvalue weighted by Gasteiger charge is -2.17. The standard InChI is InChI=1S/C23H22N4O2/c24-22(28)18-6-3-4-16(14-18)10-12-25-21-9-8-19(15-26-21)23(29)27-13-11-17-5-1-2-7-20(17)27/h1-9,14-15H,10-13H2,(H2,24,28)(H,25,26). The molecule has 0 spiro atoms. The molecule has 1 aliphatic rings. The summed E-state index contributed by atoms with van der Waals surface area (Å²) in [6.45, 7) is 1.35. The van der Waals surface area contributed by atoms with E-state index in [1.807, 2.05) is 41.3 Å². The number of hydrogen-bond donors (Lipinski definition) is 2. The monoisotopic (exact) mass is 386 g/mol. The maximum absolute atomic E-state index is 12.8. The van der Waals surface area contributed by atoms with E-state index in [9.17, 15) is 9.59 Å². The molecule has 1 aliphatic heterocycles. The molecule has 29 heavy (non-hydrogen) atoms. The number of rotatable bonds is 6. The van der Waals surface area contributed by atoms with Gasteiger partial charge in [-0.3, -0.25) is 9.59 Å². The minimum atomic E-state index is -0.428. The molecular weight excluding hydrogens is 364 g/mol. The average Bonchev–Trinajstić information content (AvgIpc) is 3.18. The van der Waals surface area contributed by atoms with Crippen molar-refractivity contribution in [1.29, 1.82) is 0 Å². The number of nitrogens with zero attached hydrogens (tertiary/aromatic N) is 2. The van der Waals surface area contributed by atoms with Gasteiger partial charge < -0.3 is 16.0 Å². The van der Waals surface area contributed by atoms with Crippen molar-refractivity contribution < 1.29 is 9.59 Å². The minimum Gasteiger partial charge on any atom is -0.370 e. The molecule has 0 atom stereocenters. The summed E-state index contributed by atoms with van der Waals surface area (Å²) in [5, 5.41) is 3.24. The second-order valence-electron chi connectivity index (χ2n) is 7.01. The number of carbonyl (C=O) groups is 2. The van der Waals surface area contributed by atoms with Crippen LogP contribution in [0.5, 0.6) is 0 Å². The van der Waals surface area contributed by atoms with Gasteiger partial charge in [-0.05, 0) is 54.3 Å². The number of carbonyl (C=O) groups excluding carboxylic acids is 2. The van der Waals surface area contributed by atoms with E-state index in [1.165, 1.54) is 5.56 Å². The number of nitrogens with two attached hydrogens (primary N) is 1. The molecule has 4 rings (SSSR count). The van der Waals surface area contributed by atoms with E-state index in [4.69, 9.17) is 5.73 Å². The Hall–Kier alpha value is -3.67. The van der Waals surface area contributed by atoms with Gasteiger partial charge in [-0.1, -0.05) is 30.3 Å². The van der Waals surface area contributed by atoms with Crippen molar-refractivity contribution in [3.8, 4) is 0 Å². The van der Waals surface area contributed by atoms with Crippen molar-refractivity contribution in [3.05, 3.63) is 89.1 Å². The normalized spacial score (nSPS) is 12.5. The summed E-state index contributed by atoms with van der Waals surface area (Å²) in [4.78, 5) is 30.3. The second kappa shape index (κ2) is 8.14. The number of hydrogen-bond acceptors (Lipinski definition) is 4. The Morgan fingerprint density at radius 2 is 1.90 bits per heavy atom. The van der Waals surface area contributed by atoms with E-state index in [2.05, 4.69) is 16.4 Å². The van der Waals surface area contributed by atoms with Gasteiger partial charge in [0, 0.05) is 30.5 Å². The zero-order valence-electron chi connectivity index (χ0n) is 16.0. The molecule has 1 aromatic heterocycles. The zero-order chi connectivity index (χ0) is 20.2. The Morgan fingerprint density at radius 1 is 1.03 bits per heavy atom. The molecule has 6 nitrogen and oxygen atoms in total. The summed E-state index contributed by atoms with van der Waals surface area (Å²) in [6, 6.07) is 18.9. The molecule has 6 heteroatoms. The van der Waals surface area contributed by atoms with Crippen LogP contribution in [0.25, 0.3) is 0 Å². The number of primary amides is 1. The molecule has 0 saturated carbocycles. The number of benzene rings is 2. The van der Waals surface area contributed by atoms with Gasteiger partial charge in [0.05, 0.1) is 5.56 Å². The fourth-order valence-corrected chi connectivity index (χ4v) is 3.54. The van der Waals surface area contributed by atoms with E-state index >= 15 is 0 Å². The number of pyridine rings is 1. The summed E-state index contributed by atoms with van der Waals surface area (Å²) in [5.74, 6) is 0.244. The molecule has 0 bridgehead atoms. The minimum absolute atomic E-state index is 0.0303. The third-order valence-corrected chi connectivity index (χ3v) is 5.07. The molecule has 0 fully saturated rings. The highest BCUT2D eigenvalue weighted by Crippen LogP contribution is 2.28. The summed E-state index contributed by atoms with van der Waals surface area (Å²) in [5.41, 5.74) is 9.60. The number of fused-ring (bicyclic) bond motifs is 1. The van der Waals surface area contributed by atoms with E-state index in [0.29, 0.717) is 30.0 Å². The third kappa shape index (κ3) is 4.11. The van der Waals surface area contributed by atoms with Gasteiger partial charge in [0.2, 0.25) is 5.91 Å². The summed E-state index contributed by atoms with van der Waals surface area (Å²) in [6.07, 6.45) is 3.22. The van der Waals surface area contributed by atoms with Crippen LogP contribution < -0.4 is 16.0 Å². The van der Waals surface area contributed by atoms with Crippen LogP contribution in [0.2, 0.25) is 0 Å². The van der Waals surface area contributed by atoms with Crippen molar-refractivity contribution in [3.63, 3.8) is 0 Å². The maximum Gasteiger partial charge on any atom is 0.259 e. The smallest absolute Gasteiger partial charge is 0.259 e. The Morgan fingerprint density at radius 3 is 2.69 bits per heavy atom. The van der Waals surface area contributed by atoms with E-state index in [1.54, 1.807) is 24.4 Å². The van der Waals surface area contributed by atoms with Crippen LogP contribution >= 0.6 is 0 Å². The summed E-state index contributed by atoms with van der Waals surface area (Å²) < 4.78 is 0. The first kappa shape index (κ1) is 18.7. The van der Waals surface area contributed by atoms with E-state index < -0.39 is 5.91 Å². The molecule has 2 aromatic carbocycles. The molecule has 0 unspecified atom stereocenters. The van der Waals surface area contributed by atoms with Crippen LogP contribution in [-0.2, 0) is 12.8 Å². The highest BCUT2D eigenvalue weighted by molar-refractivity contribution is 6.07. The van der Waals surface area contributed by atoms with Crippen LogP contribution in [0.1, 0.15) is 31.8 Å². The first-order chi connectivity index (χ1) is 14.1. The molecule has 3 aromatic rings. The number of amides is 2. The van der Waals surface area contributed by atoms with Gasteiger partial charge >= 0.3 is 0 Å². The van der Waals surface area contributed by atoms with Gasteiger partial charge in [-0.25, -0.2) is 4.98 Å². The second-order valence-corrected chi connectivity index (χ2v) is 7.01. The number of para-hydroxylation sites is 1. The van der Waals surface area contributed by atoms with Crippen LogP contribution in [0.3, 0.4) is 0 Å². The first-order valence-electron chi connectivity index (χ1n) is 9.60. The lowest BCUT2D eigenvalue weighted by atomic mass is 10.1. The lowest BCUT2D eigenvalue weighted by molar-refractivity contribution is 0.0985. The summed E-state index contributed by atoms with van der Waals surface area (Å²) >= 11 is 0. The quantitative estimate of drug-likeness (QED) is 0.682. The molecule has 0 radical (unpaired) electrons. The molecule has 146 valence electrons. The fourth-order valence-electron chi connectivity index (χ4n) is 3.54. The van der Waals surface area contributed by atoms with Gasteiger partial charge in [-0.15, -0.1) is 0 Å². The van der Waals surface area contributed by atoms with Crippen molar-refractivity contribution >= 4 is 23.3 Å². The van der Waals surface area contributed by atoms with E-state index in [-0.39, 0.29) is 5.91 Å². The SMILES string of the molecule is NC(=O)c1cccc(CCNc2ccc(C(=O)N3CCc4ccccc43)cn2)c1. The highest BCUT2D eigenvalue weighted by Gasteiger charge is 2.25. The molecular formula is C23H22N4O2. The Kier molecular flexibility index (Phi) is 5.24. The summed E-state index contributed by atoms with van der Waals surface area (Å²) in [7, 11) is 0. The predicted molar refractivity (Wildman–Crippen MR) is 113 cm³/mol. The first-order valence-corrected chi connectivity index (χ1v) is 9.60. The molecule has 2 heterocycles. The number of nitrogens with one attached hydrogen (secondary N) is 1. The number of aromatic nitrogens is 1. The van der Waals surface area contributed by atoms with Crippen LogP contribution in [0.15, 0.2) is 66.9 Å². The van der Waals surface area contributed by atoms with Crippen LogP contribution in [0.4, 0.5) is 11.5 Å². The average molecular weight is 386 g/mol. The van der Waals surface area contributed by atoms with E-state index in [0.717, 1.165) is 24.1 Å². The maximum atomic E-state index is 12.8. The van der Waals surface area contributed by atoms with Crippen LogP contribution in [-0.4, -0.2) is 29.9 Å². The highest BCUT2D eigenvalue weighted by atomic mass is 16.2. The Balaban J connectivity index is 1.35. The third-order valence-electron chi connectivity index (χ3n) is 5.07. The molecule has 2 amide bonds. The van der Waals surface area contributed by atoms with Gasteiger partial charge in [-0.2, -0.15) is 0 Å². The van der Waals surface area contributed by atoms with Crippen molar-refractivity contribution in [2.45, 2.75) is 12.8 Å². The van der Waals surface area contributed by atoms with Crippen molar-refractivity contribution in [1.82, 2.24) is 4.98 Å². The fraction of sp³-hybridized carbons (Fsp3) is 0.174. The number of anilines is 2. The van der Waals surface area contributed by atoms with Gasteiger partial charge in [0.25, 0.3) is 5.91 Å². The molecule has 0 saturated heterocycles. The zero-order valence-corrected chi connectivity index (χ0v) is 16.0. The predicted octanol–water partition coefficient (Wildman–Crippen LogP) is 3.04. The molecule has 0 aliphatic carbocycles. The van der Waals surface area contributed by atoms with Gasteiger partial charge in [0.15, 0.2) is 0 Å². The Bertz CT molecular complexity index is 1050. The lowest BCUT2D eigenvalue weighted by Crippen LogP contribution is -2.28. The largest absolute Gasteiger partial charge is 0.370 e. The van der Waals surface area contributed by atoms with Crippen LogP contribution in [0, 0.1) is 0 Å². The van der Waals surface area contributed by atoms with Crippen molar-refractivity contribution in [2.75, 3.05) is 23.3 Å². The topological polar surface area (TPSA) is 88.3 Å². The van der Waals surface area contributed by atoms with Crippen molar-refractivity contribution in [2.24, 2.45) is 5.73 Å². The molecule has 3 N–H and O–H groups in total.